The molecule has 9 heteroatoms. The Bertz CT molecular complexity index is 1690. The van der Waals surface area contributed by atoms with Crippen molar-refractivity contribution in [1.29, 1.82) is 0 Å². The molecule has 3 aromatic heterocycles. The number of methoxy groups -OCH3 is 1. The summed E-state index contributed by atoms with van der Waals surface area (Å²) < 4.78 is 11.3. The number of ether oxygens (including phenoxy) is 1. The summed E-state index contributed by atoms with van der Waals surface area (Å²) in [4.78, 5) is 43.2. The van der Waals surface area contributed by atoms with Gasteiger partial charge in [0.15, 0.2) is 16.9 Å². The predicted molar refractivity (Wildman–Crippen MR) is 129 cm³/mol. The lowest BCUT2D eigenvalue weighted by atomic mass is 10.1. The van der Waals surface area contributed by atoms with Crippen molar-refractivity contribution in [2.24, 2.45) is 7.05 Å². The van der Waals surface area contributed by atoms with Gasteiger partial charge in [-0.15, -0.1) is 0 Å². The van der Waals surface area contributed by atoms with Gasteiger partial charge in [0.05, 0.1) is 24.5 Å². The van der Waals surface area contributed by atoms with E-state index in [0.717, 1.165) is 21.5 Å². The second kappa shape index (κ2) is 7.87. The summed E-state index contributed by atoms with van der Waals surface area (Å²) in [5.41, 5.74) is 1.83. The predicted octanol–water partition coefficient (Wildman–Crippen LogP) is 2.96. The number of benzene rings is 2. The van der Waals surface area contributed by atoms with Crippen LogP contribution in [0.2, 0.25) is 0 Å². The molecule has 1 atom stereocenters. The van der Waals surface area contributed by atoms with E-state index in [9.17, 15) is 14.4 Å². The first-order valence-corrected chi connectivity index (χ1v) is 10.8. The van der Waals surface area contributed by atoms with Crippen LogP contribution in [0.1, 0.15) is 19.9 Å². The highest BCUT2D eigenvalue weighted by molar-refractivity contribution is 5.82. The lowest BCUT2D eigenvalue weighted by molar-refractivity contribution is -0.119. The molecule has 5 rings (SSSR count). The van der Waals surface area contributed by atoms with Crippen LogP contribution in [0.15, 0.2) is 70.4 Å². The number of carbonyl (C=O) groups excluding carboxylic acids is 1. The Morgan fingerprint density at radius 2 is 1.79 bits per heavy atom. The van der Waals surface area contributed by atoms with Crippen LogP contribution in [-0.2, 0) is 11.8 Å². The smallest absolute Gasteiger partial charge is 0.333 e. The van der Waals surface area contributed by atoms with Gasteiger partial charge in [0.25, 0.3) is 5.56 Å². The molecule has 5 aromatic rings. The van der Waals surface area contributed by atoms with E-state index >= 15 is 0 Å². The number of hydrogen-bond acceptors (Lipinski definition) is 5. The first kappa shape index (κ1) is 21.4. The highest BCUT2D eigenvalue weighted by atomic mass is 16.5. The fourth-order valence-electron chi connectivity index (χ4n) is 4.20. The van der Waals surface area contributed by atoms with Crippen molar-refractivity contribution in [3.05, 3.63) is 81.6 Å². The monoisotopic (exact) mass is 457 g/mol. The number of aromatic nitrogens is 5. The molecule has 0 saturated carbocycles. The maximum atomic E-state index is 13.5. The second-order valence-electron chi connectivity index (χ2n) is 8.17. The van der Waals surface area contributed by atoms with Gasteiger partial charge in [-0.25, -0.2) is 9.36 Å². The van der Waals surface area contributed by atoms with E-state index in [1.807, 2.05) is 65.4 Å². The Balaban J connectivity index is 1.94. The molecule has 0 radical (unpaired) electrons. The molecule has 1 unspecified atom stereocenters. The zero-order valence-electron chi connectivity index (χ0n) is 19.2. The van der Waals surface area contributed by atoms with E-state index < -0.39 is 17.3 Å². The third-order valence-electron chi connectivity index (χ3n) is 6.16. The number of hydrogen-bond donors (Lipinski definition) is 0. The van der Waals surface area contributed by atoms with E-state index in [0.29, 0.717) is 11.5 Å². The van der Waals surface area contributed by atoms with E-state index in [1.54, 1.807) is 25.5 Å². The summed E-state index contributed by atoms with van der Waals surface area (Å²) in [6.45, 7) is 2.91. The highest BCUT2D eigenvalue weighted by Crippen LogP contribution is 2.30. The molecule has 34 heavy (non-hydrogen) atoms. The molecule has 0 aliphatic heterocycles. The van der Waals surface area contributed by atoms with Crippen molar-refractivity contribution in [2.75, 3.05) is 7.11 Å². The summed E-state index contributed by atoms with van der Waals surface area (Å²) >= 11 is 0. The van der Waals surface area contributed by atoms with Gasteiger partial charge in [-0.05, 0) is 26.0 Å². The fourth-order valence-corrected chi connectivity index (χ4v) is 4.20. The number of rotatable bonds is 5. The fraction of sp³-hybridized carbons (Fsp3) is 0.200. The van der Waals surface area contributed by atoms with Gasteiger partial charge in [-0.2, -0.15) is 4.98 Å². The molecule has 0 spiro atoms. The van der Waals surface area contributed by atoms with Gasteiger partial charge in [-0.1, -0.05) is 36.4 Å². The molecule has 0 amide bonds. The van der Waals surface area contributed by atoms with E-state index in [1.165, 1.54) is 11.5 Å². The van der Waals surface area contributed by atoms with Crippen molar-refractivity contribution in [3.63, 3.8) is 0 Å². The summed E-state index contributed by atoms with van der Waals surface area (Å²) in [5, 5.41) is 0. The molecule has 0 saturated heterocycles. The molecule has 3 heterocycles. The van der Waals surface area contributed by atoms with Crippen molar-refractivity contribution in [1.82, 2.24) is 23.1 Å². The van der Waals surface area contributed by atoms with Crippen LogP contribution in [-0.4, -0.2) is 36.0 Å². The lowest BCUT2D eigenvalue weighted by Gasteiger charge is -2.12. The van der Waals surface area contributed by atoms with E-state index in [-0.39, 0.29) is 16.9 Å². The molecular formula is C25H23N5O4. The number of fused-ring (bicyclic) bond motifs is 3. The standard InChI is InChI=1S/C25H23N5O4/c1-15(16(2)31)29-23(32)21-22(27(3)25(29)33)26-24-28(21)14-20(17-9-6-5-7-10-17)30(24)18-11-8-12-19(13-18)34-4/h5-15H,1-4H3. The van der Waals surface area contributed by atoms with Crippen molar-refractivity contribution >= 4 is 22.7 Å². The normalized spacial score (nSPS) is 12.4. The van der Waals surface area contributed by atoms with E-state index in [2.05, 4.69) is 0 Å². The van der Waals surface area contributed by atoms with Crippen LogP contribution >= 0.6 is 0 Å². The first-order valence-electron chi connectivity index (χ1n) is 10.8. The average molecular weight is 457 g/mol. The van der Waals surface area contributed by atoms with Crippen molar-refractivity contribution in [2.45, 2.75) is 19.9 Å². The second-order valence-corrected chi connectivity index (χ2v) is 8.17. The molecule has 172 valence electrons. The van der Waals surface area contributed by atoms with Crippen LogP contribution in [0.4, 0.5) is 0 Å². The Morgan fingerprint density at radius 3 is 2.47 bits per heavy atom. The number of aryl methyl sites for hydroxylation is 1. The summed E-state index contributed by atoms with van der Waals surface area (Å²) in [7, 11) is 3.15. The SMILES string of the molecule is COc1cccc(-n2c(-c3ccccc3)cn3c4c(=O)n(C(C)C(C)=O)c(=O)n(C)c4nc23)c1. The zero-order valence-corrected chi connectivity index (χ0v) is 19.2. The average Bonchev–Trinajstić information content (AvgIpc) is 3.39. The maximum absolute atomic E-state index is 13.5. The minimum absolute atomic E-state index is 0.226. The number of nitrogens with zero attached hydrogens (tertiary/aromatic N) is 5. The highest BCUT2D eigenvalue weighted by Gasteiger charge is 2.25. The summed E-state index contributed by atoms with van der Waals surface area (Å²) in [6, 6.07) is 16.4. The zero-order chi connectivity index (χ0) is 24.1. The van der Waals surface area contributed by atoms with Gasteiger partial charge in [0.1, 0.15) is 5.75 Å². The number of imidazole rings is 2. The Morgan fingerprint density at radius 1 is 1.06 bits per heavy atom. The largest absolute Gasteiger partial charge is 0.497 e. The Hall–Kier alpha value is -4.40. The van der Waals surface area contributed by atoms with Crippen LogP contribution in [0.25, 0.3) is 33.9 Å². The van der Waals surface area contributed by atoms with Crippen LogP contribution in [0.5, 0.6) is 5.75 Å². The van der Waals surface area contributed by atoms with Gasteiger partial charge >= 0.3 is 5.69 Å². The number of ketones is 1. The molecule has 0 aliphatic rings. The van der Waals surface area contributed by atoms with Crippen LogP contribution < -0.4 is 16.0 Å². The van der Waals surface area contributed by atoms with Crippen LogP contribution in [0, 0.1) is 0 Å². The third-order valence-corrected chi connectivity index (χ3v) is 6.16. The minimum Gasteiger partial charge on any atom is -0.497 e. The molecule has 2 aromatic carbocycles. The lowest BCUT2D eigenvalue weighted by Crippen LogP contribution is -2.42. The Labute approximate surface area is 194 Å². The van der Waals surface area contributed by atoms with Gasteiger partial charge < -0.3 is 4.74 Å². The number of Topliss-reactive ketones (excluding diaryl/α,β-unsaturated/α-hetero) is 1. The third kappa shape index (κ3) is 3.08. The van der Waals surface area contributed by atoms with Gasteiger partial charge in [-0.3, -0.25) is 23.1 Å². The Kier molecular flexibility index (Phi) is 4.97. The number of carbonyl (C=O) groups is 1. The van der Waals surface area contributed by atoms with Crippen molar-refractivity contribution in [3.8, 4) is 22.7 Å². The maximum Gasteiger partial charge on any atom is 0.333 e. The summed E-state index contributed by atoms with van der Waals surface area (Å²) in [5.74, 6) is 0.852. The quantitative estimate of drug-likeness (QED) is 0.405. The molecule has 0 N–H and O–H groups in total. The van der Waals surface area contributed by atoms with Crippen molar-refractivity contribution < 1.29 is 9.53 Å². The van der Waals surface area contributed by atoms with Gasteiger partial charge in [0, 0.05) is 24.9 Å². The molecule has 0 bridgehead atoms. The molecule has 0 aliphatic carbocycles. The van der Waals surface area contributed by atoms with Gasteiger partial charge in [0.2, 0.25) is 5.78 Å². The summed E-state index contributed by atoms with van der Waals surface area (Å²) in [6.07, 6.45) is 1.83. The molecule has 9 nitrogen and oxygen atoms in total. The first-order chi connectivity index (χ1) is 16.3. The van der Waals surface area contributed by atoms with E-state index in [4.69, 9.17) is 9.72 Å². The molecule has 0 fully saturated rings. The molecular weight excluding hydrogens is 434 g/mol. The van der Waals surface area contributed by atoms with Crippen LogP contribution in [0.3, 0.4) is 0 Å². The topological polar surface area (TPSA) is 92.5 Å². The minimum atomic E-state index is -0.893.